The van der Waals surface area contributed by atoms with Crippen molar-refractivity contribution in [3.05, 3.63) is 40.2 Å². The summed E-state index contributed by atoms with van der Waals surface area (Å²) in [4.78, 5) is 25.9. The molecule has 1 aliphatic heterocycles. The normalized spacial score (nSPS) is 14.2. The van der Waals surface area contributed by atoms with Gasteiger partial charge in [-0.1, -0.05) is 0 Å². The number of esters is 2. The van der Waals surface area contributed by atoms with E-state index in [9.17, 15) is 9.59 Å². The Kier molecular flexibility index (Phi) is 7.74. The summed E-state index contributed by atoms with van der Waals surface area (Å²) in [5.74, 6) is -0.577. The molecule has 1 aromatic carbocycles. The van der Waals surface area contributed by atoms with E-state index in [2.05, 4.69) is 5.32 Å². The van der Waals surface area contributed by atoms with Crippen molar-refractivity contribution in [2.24, 2.45) is 0 Å². The number of rotatable bonds is 8. The van der Waals surface area contributed by atoms with Crippen molar-refractivity contribution in [3.8, 4) is 17.2 Å². The molecular weight excluding hydrogens is 390 g/mol. The Morgan fingerprint density at radius 1 is 0.833 bits per heavy atom. The monoisotopic (exact) mass is 419 g/mol. The van der Waals surface area contributed by atoms with Gasteiger partial charge >= 0.3 is 11.9 Å². The number of benzene rings is 1. The van der Waals surface area contributed by atoms with Gasteiger partial charge in [-0.3, -0.25) is 0 Å². The molecule has 0 amide bonds. The third-order valence-corrected chi connectivity index (χ3v) is 4.79. The first-order valence-corrected chi connectivity index (χ1v) is 9.67. The molecule has 0 bridgehead atoms. The molecule has 30 heavy (non-hydrogen) atoms. The molecule has 0 atom stereocenters. The third kappa shape index (κ3) is 4.37. The molecule has 2 rings (SSSR count). The minimum Gasteiger partial charge on any atom is -0.496 e. The Morgan fingerprint density at radius 2 is 1.27 bits per heavy atom. The fraction of sp³-hybridized carbons (Fsp3) is 0.455. The maximum Gasteiger partial charge on any atom is 0.336 e. The summed E-state index contributed by atoms with van der Waals surface area (Å²) in [5, 5.41) is 3.11. The Hall–Kier alpha value is -3.16. The quantitative estimate of drug-likeness (QED) is 0.643. The van der Waals surface area contributed by atoms with Gasteiger partial charge in [-0.05, 0) is 27.7 Å². The highest BCUT2D eigenvalue weighted by Gasteiger charge is 2.41. The minimum absolute atomic E-state index is 0.191. The van der Waals surface area contributed by atoms with Crippen LogP contribution in [-0.2, 0) is 19.1 Å². The van der Waals surface area contributed by atoms with E-state index in [1.807, 2.05) is 0 Å². The van der Waals surface area contributed by atoms with E-state index in [1.165, 1.54) is 21.3 Å². The minimum atomic E-state index is -0.819. The second-order valence-electron chi connectivity index (χ2n) is 6.52. The largest absolute Gasteiger partial charge is 0.496 e. The zero-order valence-electron chi connectivity index (χ0n) is 18.5. The van der Waals surface area contributed by atoms with Crippen LogP contribution >= 0.6 is 0 Å². The molecule has 1 aliphatic rings. The van der Waals surface area contributed by atoms with Gasteiger partial charge in [-0.25, -0.2) is 9.59 Å². The van der Waals surface area contributed by atoms with Gasteiger partial charge in [-0.2, -0.15) is 0 Å². The molecule has 1 aromatic rings. The molecule has 0 saturated heterocycles. The molecule has 8 heteroatoms. The molecule has 8 nitrogen and oxygen atoms in total. The SMILES string of the molecule is CCOC(=O)C1=C(C)NC(C)=C(C(=O)OCC)C1c1c(OC)cc(OC)cc1OC. The molecule has 0 fully saturated rings. The first-order valence-electron chi connectivity index (χ1n) is 9.67. The fourth-order valence-electron chi connectivity index (χ4n) is 3.56. The van der Waals surface area contributed by atoms with Crippen LogP contribution < -0.4 is 19.5 Å². The van der Waals surface area contributed by atoms with Crippen molar-refractivity contribution >= 4 is 11.9 Å². The van der Waals surface area contributed by atoms with Crippen LogP contribution in [0.4, 0.5) is 0 Å². The van der Waals surface area contributed by atoms with Crippen molar-refractivity contribution < 1.29 is 33.3 Å². The molecule has 1 heterocycles. The molecule has 0 aliphatic carbocycles. The first-order chi connectivity index (χ1) is 14.3. The van der Waals surface area contributed by atoms with Crippen LogP contribution in [0.1, 0.15) is 39.2 Å². The summed E-state index contributed by atoms with van der Waals surface area (Å²) in [7, 11) is 4.53. The number of carbonyl (C=O) groups is 2. The zero-order valence-corrected chi connectivity index (χ0v) is 18.5. The lowest BCUT2D eigenvalue weighted by atomic mass is 9.79. The number of ether oxygens (including phenoxy) is 5. The topological polar surface area (TPSA) is 92.3 Å². The van der Waals surface area contributed by atoms with Crippen molar-refractivity contribution in [1.82, 2.24) is 5.32 Å². The number of methoxy groups -OCH3 is 3. The van der Waals surface area contributed by atoms with Crippen molar-refractivity contribution in [1.29, 1.82) is 0 Å². The van der Waals surface area contributed by atoms with Crippen LogP contribution in [0.3, 0.4) is 0 Å². The summed E-state index contributed by atoms with van der Waals surface area (Å²) in [6, 6.07) is 3.35. The van der Waals surface area contributed by atoms with Crippen LogP contribution in [0.15, 0.2) is 34.7 Å². The van der Waals surface area contributed by atoms with Crippen LogP contribution in [0.25, 0.3) is 0 Å². The van der Waals surface area contributed by atoms with Gasteiger partial charge in [0.2, 0.25) is 0 Å². The van der Waals surface area contributed by atoms with Gasteiger partial charge in [0.1, 0.15) is 17.2 Å². The standard InChI is InChI=1S/C22H29NO7/c1-8-29-21(24)17-12(3)23-13(4)18(22(25)30-9-2)20(17)19-15(27-6)10-14(26-5)11-16(19)28-7/h10-11,20,23H,8-9H2,1-7H3. The lowest BCUT2D eigenvalue weighted by molar-refractivity contribution is -0.139. The maximum atomic E-state index is 12.9. The van der Waals surface area contributed by atoms with Gasteiger partial charge in [-0.15, -0.1) is 0 Å². The summed E-state index contributed by atoms with van der Waals surface area (Å²) in [6.45, 7) is 7.34. The highest BCUT2D eigenvalue weighted by molar-refractivity contribution is 6.00. The fourth-order valence-corrected chi connectivity index (χ4v) is 3.56. The van der Waals surface area contributed by atoms with Crippen molar-refractivity contribution in [2.45, 2.75) is 33.6 Å². The van der Waals surface area contributed by atoms with Gasteiger partial charge in [0.15, 0.2) is 0 Å². The molecule has 0 radical (unpaired) electrons. The Morgan fingerprint density at radius 3 is 1.60 bits per heavy atom. The van der Waals surface area contributed by atoms with Crippen LogP contribution in [-0.4, -0.2) is 46.5 Å². The average Bonchev–Trinajstić information content (AvgIpc) is 2.72. The van der Waals surface area contributed by atoms with Crippen LogP contribution in [0, 0.1) is 0 Å². The summed E-state index contributed by atoms with van der Waals surface area (Å²) < 4.78 is 27.1. The van der Waals surface area contributed by atoms with E-state index >= 15 is 0 Å². The van der Waals surface area contributed by atoms with Crippen LogP contribution in [0.5, 0.6) is 17.2 Å². The molecular formula is C22H29NO7. The van der Waals surface area contributed by atoms with E-state index in [4.69, 9.17) is 23.7 Å². The van der Waals surface area contributed by atoms with E-state index in [0.717, 1.165) is 0 Å². The lowest BCUT2D eigenvalue weighted by Gasteiger charge is -2.32. The zero-order chi connectivity index (χ0) is 22.4. The van der Waals surface area contributed by atoms with E-state index < -0.39 is 17.9 Å². The van der Waals surface area contributed by atoms with Gasteiger partial charge in [0, 0.05) is 29.1 Å². The smallest absolute Gasteiger partial charge is 0.336 e. The second-order valence-corrected chi connectivity index (χ2v) is 6.52. The third-order valence-electron chi connectivity index (χ3n) is 4.79. The second kappa shape index (κ2) is 10.0. The lowest BCUT2D eigenvalue weighted by Crippen LogP contribution is -2.33. The average molecular weight is 419 g/mol. The predicted molar refractivity (Wildman–Crippen MR) is 111 cm³/mol. The van der Waals surface area contributed by atoms with Gasteiger partial charge < -0.3 is 29.0 Å². The molecule has 164 valence electrons. The number of hydrogen-bond donors (Lipinski definition) is 1. The number of nitrogens with one attached hydrogen (secondary N) is 1. The molecule has 0 aromatic heterocycles. The number of allylic oxidation sites excluding steroid dienone is 2. The number of hydrogen-bond acceptors (Lipinski definition) is 8. The predicted octanol–water partition coefficient (Wildman–Crippen LogP) is 3.07. The van der Waals surface area contributed by atoms with Crippen LogP contribution in [0.2, 0.25) is 0 Å². The van der Waals surface area contributed by atoms with E-state index in [1.54, 1.807) is 39.8 Å². The van der Waals surface area contributed by atoms with E-state index in [0.29, 0.717) is 34.2 Å². The van der Waals surface area contributed by atoms with E-state index in [-0.39, 0.29) is 24.4 Å². The number of carbonyl (C=O) groups excluding carboxylic acids is 2. The summed E-state index contributed by atoms with van der Waals surface area (Å²) >= 11 is 0. The number of dihydropyridines is 1. The summed E-state index contributed by atoms with van der Waals surface area (Å²) in [5.41, 5.74) is 2.22. The highest BCUT2D eigenvalue weighted by atomic mass is 16.5. The molecule has 0 saturated carbocycles. The first kappa shape index (κ1) is 23.1. The Labute approximate surface area is 176 Å². The van der Waals surface area contributed by atoms with Crippen molar-refractivity contribution in [3.63, 3.8) is 0 Å². The molecule has 0 spiro atoms. The van der Waals surface area contributed by atoms with Gasteiger partial charge in [0.25, 0.3) is 0 Å². The maximum absolute atomic E-state index is 12.9. The highest BCUT2D eigenvalue weighted by Crippen LogP contribution is 2.48. The molecule has 0 unspecified atom stereocenters. The van der Waals surface area contributed by atoms with Gasteiger partial charge in [0.05, 0.1) is 51.6 Å². The summed E-state index contributed by atoms with van der Waals surface area (Å²) in [6.07, 6.45) is 0. The Balaban J connectivity index is 2.86. The van der Waals surface area contributed by atoms with Crippen molar-refractivity contribution in [2.75, 3.05) is 34.5 Å². The Bertz CT molecular complexity index is 820. The molecule has 1 N–H and O–H groups in total.